The number of fused-ring (bicyclic) bond motifs is 1. The van der Waals surface area contributed by atoms with Crippen molar-refractivity contribution in [2.24, 2.45) is 0 Å². The molecule has 9 heteroatoms. The van der Waals surface area contributed by atoms with Crippen LogP contribution in [0, 0.1) is 0 Å². The molecule has 2 heterocycles. The summed E-state index contributed by atoms with van der Waals surface area (Å²) in [5.74, 6) is 0. The average Bonchev–Trinajstić information content (AvgIpc) is 3.29. The van der Waals surface area contributed by atoms with E-state index in [1.54, 1.807) is 6.08 Å². The molecule has 2 aliphatic rings. The molecule has 0 saturated carbocycles. The number of nitrogens with zero attached hydrogens (tertiary/aromatic N) is 2. The molecule has 0 bridgehead atoms. The van der Waals surface area contributed by atoms with Crippen LogP contribution >= 0.6 is 0 Å². The Kier molecular flexibility index (Phi) is 4.77. The van der Waals surface area contributed by atoms with Crippen LogP contribution in [0.15, 0.2) is 18.3 Å². The lowest BCUT2D eigenvalue weighted by Gasteiger charge is -2.24. The van der Waals surface area contributed by atoms with E-state index in [0.717, 1.165) is 25.3 Å². The molecule has 0 spiro atoms. The zero-order valence-corrected chi connectivity index (χ0v) is 14.7. The summed E-state index contributed by atoms with van der Waals surface area (Å²) in [6, 6.07) is 1.07. The molecule has 1 fully saturated rings. The Morgan fingerprint density at radius 1 is 1.22 bits per heavy atom. The second-order valence-corrected chi connectivity index (χ2v) is 7.05. The normalized spacial score (nSPS) is 20.9. The third-order valence-corrected chi connectivity index (χ3v) is 5.30. The molecule has 27 heavy (non-hydrogen) atoms. The van der Waals surface area contributed by atoms with E-state index >= 15 is 0 Å². The van der Waals surface area contributed by atoms with Crippen LogP contribution in [0.4, 0.5) is 13.2 Å². The average molecular weight is 380 g/mol. The van der Waals surface area contributed by atoms with Gasteiger partial charge in [0.15, 0.2) is 6.23 Å². The van der Waals surface area contributed by atoms with Crippen molar-refractivity contribution in [1.29, 1.82) is 0 Å². The molecule has 2 aromatic rings. The van der Waals surface area contributed by atoms with Crippen LogP contribution in [0.5, 0.6) is 0 Å². The summed E-state index contributed by atoms with van der Waals surface area (Å²) in [4.78, 5) is 0. The maximum Gasteiger partial charge on any atom is 0.489 e. The lowest BCUT2D eigenvalue weighted by Crippen LogP contribution is -2.35. The molecule has 5 nitrogen and oxygen atoms in total. The Hall–Kier alpha value is -1.84. The molecule has 0 amide bonds. The molecule has 1 aliphatic heterocycles. The van der Waals surface area contributed by atoms with Gasteiger partial charge in [-0.25, -0.2) is 4.68 Å². The van der Waals surface area contributed by atoms with Gasteiger partial charge in [-0.15, -0.1) is 0 Å². The molecule has 2 N–H and O–H groups in total. The van der Waals surface area contributed by atoms with Crippen LogP contribution in [0.25, 0.3) is 16.5 Å². The van der Waals surface area contributed by atoms with Crippen LogP contribution in [0.1, 0.15) is 55.9 Å². The number of hydrogen-bond acceptors (Lipinski definition) is 4. The van der Waals surface area contributed by atoms with Crippen LogP contribution < -0.4 is 5.46 Å². The fourth-order valence-electron chi connectivity index (χ4n) is 4.09. The van der Waals surface area contributed by atoms with Gasteiger partial charge in [-0.05, 0) is 55.7 Å². The van der Waals surface area contributed by atoms with E-state index in [4.69, 9.17) is 4.74 Å². The van der Waals surface area contributed by atoms with Crippen LogP contribution in [-0.2, 0) is 10.9 Å². The highest BCUT2D eigenvalue weighted by Crippen LogP contribution is 2.40. The minimum atomic E-state index is -4.63. The number of halogens is 3. The number of hydrogen-bond donors (Lipinski definition) is 2. The van der Waals surface area contributed by atoms with Crippen molar-refractivity contribution < 1.29 is 28.0 Å². The van der Waals surface area contributed by atoms with E-state index in [0.29, 0.717) is 36.8 Å². The monoisotopic (exact) mass is 380 g/mol. The van der Waals surface area contributed by atoms with E-state index in [2.05, 4.69) is 5.10 Å². The molecule has 144 valence electrons. The molecule has 1 aromatic heterocycles. The number of rotatable bonds is 3. The van der Waals surface area contributed by atoms with Gasteiger partial charge in [-0.1, -0.05) is 6.08 Å². The number of ether oxygens (including phenoxy) is 1. The van der Waals surface area contributed by atoms with Crippen LogP contribution in [0.2, 0.25) is 0 Å². The lowest BCUT2D eigenvalue weighted by atomic mass is 9.71. The molecule has 1 saturated heterocycles. The number of alkyl halides is 3. The van der Waals surface area contributed by atoms with Gasteiger partial charge in [-0.2, -0.15) is 18.3 Å². The summed E-state index contributed by atoms with van der Waals surface area (Å²) in [6.45, 7) is 0.526. The van der Waals surface area contributed by atoms with Gasteiger partial charge in [0.25, 0.3) is 0 Å². The number of benzene rings is 1. The Bertz CT molecular complexity index is 886. The number of allylic oxidation sites excluding steroid dienone is 2. The van der Waals surface area contributed by atoms with Crippen LogP contribution in [0.3, 0.4) is 0 Å². The van der Waals surface area contributed by atoms with Crippen molar-refractivity contribution >= 4 is 29.1 Å². The van der Waals surface area contributed by atoms with Crippen molar-refractivity contribution in [2.45, 2.75) is 50.9 Å². The predicted molar refractivity (Wildman–Crippen MR) is 95.2 cm³/mol. The molecule has 0 radical (unpaired) electrons. The molecule has 1 atom stereocenters. The van der Waals surface area contributed by atoms with Gasteiger partial charge in [0.1, 0.15) is 0 Å². The second-order valence-electron chi connectivity index (χ2n) is 7.05. The molecular formula is C18H20BF3N2O3. The topological polar surface area (TPSA) is 67.5 Å². The zero-order valence-electron chi connectivity index (χ0n) is 14.7. The quantitative estimate of drug-likeness (QED) is 0.804. The fraction of sp³-hybridized carbons (Fsp3) is 0.500. The first kappa shape index (κ1) is 18.5. The van der Waals surface area contributed by atoms with Crippen molar-refractivity contribution in [2.75, 3.05) is 6.61 Å². The first-order valence-electron chi connectivity index (χ1n) is 9.16. The highest BCUT2D eigenvalue weighted by molar-refractivity contribution is 6.63. The minimum Gasteiger partial charge on any atom is -0.423 e. The molecule has 1 unspecified atom stereocenters. The number of aromatic nitrogens is 2. The van der Waals surface area contributed by atoms with Gasteiger partial charge in [0.2, 0.25) is 0 Å². The Morgan fingerprint density at radius 3 is 2.63 bits per heavy atom. The van der Waals surface area contributed by atoms with Crippen molar-refractivity contribution in [3.63, 3.8) is 0 Å². The maximum absolute atomic E-state index is 13.9. The molecule has 1 aliphatic carbocycles. The lowest BCUT2D eigenvalue weighted by molar-refractivity contribution is -0.137. The fourth-order valence-corrected chi connectivity index (χ4v) is 4.09. The Labute approximate surface area is 154 Å². The third kappa shape index (κ3) is 3.28. The first-order valence-corrected chi connectivity index (χ1v) is 9.16. The molecule has 4 rings (SSSR count). The minimum absolute atomic E-state index is 0.119. The van der Waals surface area contributed by atoms with Gasteiger partial charge in [0.05, 0.1) is 17.3 Å². The Morgan fingerprint density at radius 2 is 2.04 bits per heavy atom. The largest absolute Gasteiger partial charge is 0.489 e. The highest BCUT2D eigenvalue weighted by Gasteiger charge is 2.39. The van der Waals surface area contributed by atoms with Crippen molar-refractivity contribution in [3.8, 4) is 0 Å². The maximum atomic E-state index is 13.9. The van der Waals surface area contributed by atoms with Crippen molar-refractivity contribution in [1.82, 2.24) is 9.78 Å². The van der Waals surface area contributed by atoms with E-state index in [9.17, 15) is 23.2 Å². The van der Waals surface area contributed by atoms with Gasteiger partial charge in [-0.3, -0.25) is 0 Å². The molecule has 1 aromatic carbocycles. The van der Waals surface area contributed by atoms with Gasteiger partial charge < -0.3 is 14.8 Å². The standard InChI is InChI=1S/C18H20BF3N2O3/c20-18(21,22)13-9-14-12(10-23-24(14)15-7-3-4-8-27-15)17(19(25)26)16(13)11-5-1-2-6-11/h5,9-10,15,25-26H,1-4,6-8H2. The summed E-state index contributed by atoms with van der Waals surface area (Å²) >= 11 is 0. The predicted octanol–water partition coefficient (Wildman–Crippen LogP) is 3.00. The van der Waals surface area contributed by atoms with Gasteiger partial charge >= 0.3 is 13.3 Å². The van der Waals surface area contributed by atoms with Crippen LogP contribution in [-0.4, -0.2) is 33.6 Å². The third-order valence-electron chi connectivity index (χ3n) is 5.30. The summed E-state index contributed by atoms with van der Waals surface area (Å²) in [7, 11) is -2.03. The smallest absolute Gasteiger partial charge is 0.423 e. The second kappa shape index (κ2) is 6.96. The van der Waals surface area contributed by atoms with E-state index in [-0.39, 0.29) is 16.5 Å². The van der Waals surface area contributed by atoms with Crippen molar-refractivity contribution in [3.05, 3.63) is 29.5 Å². The summed E-state index contributed by atoms with van der Waals surface area (Å²) < 4.78 is 48.8. The van der Waals surface area contributed by atoms with E-state index < -0.39 is 25.1 Å². The van der Waals surface area contributed by atoms with E-state index in [1.165, 1.54) is 10.9 Å². The Balaban J connectivity index is 1.99. The summed E-state index contributed by atoms with van der Waals surface area (Å²) in [6.07, 6.45) is 2.45. The highest BCUT2D eigenvalue weighted by atomic mass is 19.4. The zero-order chi connectivity index (χ0) is 19.2. The van der Waals surface area contributed by atoms with Gasteiger partial charge in [0, 0.05) is 17.5 Å². The SMILES string of the molecule is OB(O)c1c(C2=CCCC2)c(C(F)(F)F)cc2c1cnn2C1CCCCO1. The van der Waals surface area contributed by atoms with E-state index in [1.807, 2.05) is 0 Å². The first-order chi connectivity index (χ1) is 12.9. The summed E-state index contributed by atoms with van der Waals surface area (Å²) in [5.41, 5.74) is -0.390. The summed E-state index contributed by atoms with van der Waals surface area (Å²) in [5, 5.41) is 24.5. The molecular weight excluding hydrogens is 360 g/mol.